The van der Waals surface area contributed by atoms with E-state index in [1.165, 1.54) is 6.07 Å². The summed E-state index contributed by atoms with van der Waals surface area (Å²) in [7, 11) is 0. The van der Waals surface area contributed by atoms with Crippen molar-refractivity contribution in [1.29, 1.82) is 0 Å². The Hall–Kier alpha value is 0.180. The van der Waals surface area contributed by atoms with Gasteiger partial charge in [-0.15, -0.1) is 0 Å². The first-order chi connectivity index (χ1) is 6.80. The van der Waals surface area contributed by atoms with Crippen LogP contribution in [0.1, 0.15) is 0 Å². The smallest absolute Gasteiger partial charge is 0.231 e. The third-order valence-corrected chi connectivity index (χ3v) is 3.06. The van der Waals surface area contributed by atoms with E-state index in [1.807, 2.05) is 22.6 Å². The van der Waals surface area contributed by atoms with Gasteiger partial charge in [-0.25, -0.2) is 4.99 Å². The number of hydrogen-bond acceptors (Lipinski definition) is 1. The van der Waals surface area contributed by atoms with Gasteiger partial charge < -0.3 is 0 Å². The largest absolute Gasteiger partial charge is 0.444 e. The van der Waals surface area contributed by atoms with Gasteiger partial charge in [0.1, 0.15) is 0 Å². The molecule has 0 amide bonds. The molecule has 0 N–H and O–H groups in total. The number of hydrogen-bond donors (Lipinski definition) is 0. The minimum Gasteiger partial charge on any atom is -0.231 e. The van der Waals surface area contributed by atoms with Crippen LogP contribution in [0.2, 0.25) is 0 Å². The van der Waals surface area contributed by atoms with Crippen LogP contribution in [0, 0.1) is 3.57 Å². The number of nitrogens with zero attached hydrogens (tertiary/aromatic N) is 1. The molecule has 1 rings (SSSR count). The van der Waals surface area contributed by atoms with Gasteiger partial charge in [-0.3, -0.25) is 0 Å². The second kappa shape index (κ2) is 5.01. The molecule has 15 heavy (non-hydrogen) atoms. The van der Waals surface area contributed by atoms with Crippen LogP contribution in [0.3, 0.4) is 0 Å². The summed E-state index contributed by atoms with van der Waals surface area (Å²) >= 11 is 10.0. The second-order valence-electron chi connectivity index (χ2n) is 2.50. The second-order valence-corrected chi connectivity index (χ2v) is 4.93. The van der Waals surface area contributed by atoms with Crippen LogP contribution in [-0.2, 0) is 0 Å². The fourth-order valence-corrected chi connectivity index (χ4v) is 1.64. The summed E-state index contributed by atoms with van der Waals surface area (Å²) in [4.78, 5) is 3.31. The van der Waals surface area contributed by atoms with Gasteiger partial charge in [0.25, 0.3) is 0 Å². The molecule has 0 aliphatic heterocycles. The van der Waals surface area contributed by atoms with Crippen LogP contribution in [0.5, 0.6) is 0 Å². The molecule has 0 aliphatic carbocycles. The molecule has 0 radical (unpaired) electrons. The van der Waals surface area contributed by atoms with Crippen molar-refractivity contribution in [2.24, 2.45) is 4.99 Å². The van der Waals surface area contributed by atoms with Gasteiger partial charge in [0.05, 0.1) is 5.69 Å². The van der Waals surface area contributed by atoms with Gasteiger partial charge in [-0.05, 0) is 40.8 Å². The minimum atomic E-state index is -4.60. The topological polar surface area (TPSA) is 12.4 Å². The standard InChI is InChI=1S/C8H3BrClF3IN/c9-4-1-2-5(14)6(3-4)15-7(10)8(11,12)13/h1-3H. The summed E-state index contributed by atoms with van der Waals surface area (Å²) in [5.74, 6) is 0. The van der Waals surface area contributed by atoms with Crippen molar-refractivity contribution >= 4 is 61.0 Å². The zero-order chi connectivity index (χ0) is 11.6. The molecule has 1 aromatic rings. The number of rotatable bonds is 1. The van der Waals surface area contributed by atoms with Crippen molar-refractivity contribution in [2.45, 2.75) is 6.18 Å². The quantitative estimate of drug-likeness (QED) is 0.460. The molecule has 0 aromatic heterocycles. The molecule has 0 heterocycles. The molecular weight excluding hydrogens is 409 g/mol. The average molecular weight is 412 g/mol. The first kappa shape index (κ1) is 13.2. The van der Waals surface area contributed by atoms with Gasteiger partial charge in [0.2, 0.25) is 5.17 Å². The Morgan fingerprint density at radius 3 is 2.53 bits per heavy atom. The minimum absolute atomic E-state index is 0.187. The van der Waals surface area contributed by atoms with Crippen LogP contribution < -0.4 is 0 Å². The highest BCUT2D eigenvalue weighted by molar-refractivity contribution is 14.1. The molecule has 0 atom stereocenters. The van der Waals surface area contributed by atoms with Gasteiger partial charge in [-0.2, -0.15) is 13.2 Å². The maximum absolute atomic E-state index is 12.1. The van der Waals surface area contributed by atoms with E-state index in [1.54, 1.807) is 12.1 Å². The molecule has 0 bridgehead atoms. The molecule has 1 nitrogen and oxygen atoms in total. The Morgan fingerprint density at radius 1 is 1.40 bits per heavy atom. The highest BCUT2D eigenvalue weighted by Gasteiger charge is 2.34. The van der Waals surface area contributed by atoms with E-state index in [9.17, 15) is 13.2 Å². The molecular formula is C8H3BrClF3IN. The third kappa shape index (κ3) is 3.92. The lowest BCUT2D eigenvalue weighted by Gasteiger charge is -2.04. The Morgan fingerprint density at radius 2 is 2.00 bits per heavy atom. The van der Waals surface area contributed by atoms with E-state index in [0.29, 0.717) is 8.04 Å². The molecule has 1 aromatic carbocycles. The maximum atomic E-state index is 12.1. The normalized spacial score (nSPS) is 13.1. The molecule has 0 unspecified atom stereocenters. The molecule has 0 fully saturated rings. The van der Waals surface area contributed by atoms with Crippen molar-refractivity contribution in [2.75, 3.05) is 0 Å². The lowest BCUT2D eigenvalue weighted by atomic mass is 10.3. The SMILES string of the molecule is FC(F)(F)C(Cl)=Nc1cc(Br)ccc1I. The summed E-state index contributed by atoms with van der Waals surface area (Å²) in [5.41, 5.74) is 0.187. The monoisotopic (exact) mass is 411 g/mol. The van der Waals surface area contributed by atoms with E-state index >= 15 is 0 Å². The van der Waals surface area contributed by atoms with Gasteiger partial charge in [-0.1, -0.05) is 27.5 Å². The lowest BCUT2D eigenvalue weighted by molar-refractivity contribution is -0.0558. The maximum Gasteiger partial charge on any atom is 0.444 e. The predicted octanol–water partition coefficient (Wildman–Crippen LogP) is 4.88. The molecule has 0 saturated heterocycles. The number of benzene rings is 1. The Bertz CT molecular complexity index is 405. The fourth-order valence-electron chi connectivity index (χ4n) is 0.741. The van der Waals surface area contributed by atoms with Crippen molar-refractivity contribution in [3.05, 3.63) is 26.2 Å². The van der Waals surface area contributed by atoms with Crippen molar-refractivity contribution in [3.8, 4) is 0 Å². The zero-order valence-corrected chi connectivity index (χ0v) is 11.4. The average Bonchev–Trinajstić information content (AvgIpc) is 2.09. The molecule has 0 aliphatic rings. The van der Waals surface area contributed by atoms with E-state index in [4.69, 9.17) is 11.6 Å². The van der Waals surface area contributed by atoms with Crippen LogP contribution in [0.25, 0.3) is 0 Å². The van der Waals surface area contributed by atoms with E-state index in [-0.39, 0.29) is 5.69 Å². The van der Waals surface area contributed by atoms with E-state index in [0.717, 1.165) is 0 Å². The van der Waals surface area contributed by atoms with E-state index < -0.39 is 11.3 Å². The van der Waals surface area contributed by atoms with Crippen LogP contribution >= 0.6 is 50.1 Å². The highest BCUT2D eigenvalue weighted by Crippen LogP contribution is 2.29. The summed E-state index contributed by atoms with van der Waals surface area (Å²) in [5, 5.41) is -1.38. The number of halogens is 6. The van der Waals surface area contributed by atoms with Crippen LogP contribution in [-0.4, -0.2) is 11.3 Å². The molecule has 0 saturated carbocycles. The highest BCUT2D eigenvalue weighted by atomic mass is 127. The summed E-state index contributed by atoms with van der Waals surface area (Å²) in [6.07, 6.45) is -4.60. The Balaban J connectivity index is 3.13. The Kier molecular flexibility index (Phi) is 4.42. The lowest BCUT2D eigenvalue weighted by Crippen LogP contribution is -2.16. The first-order valence-electron chi connectivity index (χ1n) is 3.57. The molecule has 7 heteroatoms. The van der Waals surface area contributed by atoms with Gasteiger partial charge in [0.15, 0.2) is 0 Å². The summed E-state index contributed by atoms with van der Waals surface area (Å²) < 4.78 is 37.5. The van der Waals surface area contributed by atoms with Crippen molar-refractivity contribution in [3.63, 3.8) is 0 Å². The summed E-state index contributed by atoms with van der Waals surface area (Å²) in [6, 6.07) is 4.82. The van der Waals surface area contributed by atoms with Crippen LogP contribution in [0.4, 0.5) is 18.9 Å². The third-order valence-electron chi connectivity index (χ3n) is 1.36. The van der Waals surface area contributed by atoms with Gasteiger partial charge >= 0.3 is 6.18 Å². The predicted molar refractivity (Wildman–Crippen MR) is 65.9 cm³/mol. The van der Waals surface area contributed by atoms with Crippen LogP contribution in [0.15, 0.2) is 27.7 Å². The Labute approximate surface area is 111 Å². The zero-order valence-electron chi connectivity index (χ0n) is 6.95. The number of aliphatic imine (C=N–C) groups is 1. The van der Waals surface area contributed by atoms with E-state index in [2.05, 4.69) is 20.9 Å². The van der Waals surface area contributed by atoms with Crippen molar-refractivity contribution < 1.29 is 13.2 Å². The molecule has 82 valence electrons. The van der Waals surface area contributed by atoms with Crippen molar-refractivity contribution in [1.82, 2.24) is 0 Å². The fraction of sp³-hybridized carbons (Fsp3) is 0.125. The first-order valence-corrected chi connectivity index (χ1v) is 5.82. The molecule has 0 spiro atoms. The van der Waals surface area contributed by atoms with Gasteiger partial charge in [0, 0.05) is 8.04 Å². The summed E-state index contributed by atoms with van der Waals surface area (Å²) in [6.45, 7) is 0. The number of alkyl halides is 3.